The SMILES string of the molecule is COC(=O)C(=O)Nc1ccc(-c2ccc(O)c3c2CC2CC4C(N(C)C)C(=O)C(C(N)=O)C(=O)C4(O)C(=O)C2C3=O)cc1. The van der Waals surface area contributed by atoms with Crippen LogP contribution in [0.15, 0.2) is 36.4 Å². The van der Waals surface area contributed by atoms with Crippen molar-refractivity contribution < 1.29 is 48.5 Å². The summed E-state index contributed by atoms with van der Waals surface area (Å²) in [5.41, 5.74) is 4.29. The number of amides is 2. The van der Waals surface area contributed by atoms with Crippen molar-refractivity contribution in [3.8, 4) is 16.9 Å². The Balaban J connectivity index is 1.56. The van der Waals surface area contributed by atoms with E-state index in [0.717, 1.165) is 7.11 Å². The van der Waals surface area contributed by atoms with Crippen LogP contribution in [-0.2, 0) is 39.9 Å². The van der Waals surface area contributed by atoms with E-state index >= 15 is 0 Å². The molecule has 13 nitrogen and oxygen atoms in total. The molecule has 0 bridgehead atoms. The number of nitrogens with two attached hydrogens (primary N) is 1. The van der Waals surface area contributed by atoms with Gasteiger partial charge in [0.05, 0.1) is 24.6 Å². The second kappa shape index (κ2) is 10.5. The number of phenols is 1. The van der Waals surface area contributed by atoms with Crippen molar-refractivity contribution in [1.29, 1.82) is 0 Å². The largest absolute Gasteiger partial charge is 0.507 e. The highest BCUT2D eigenvalue weighted by Crippen LogP contribution is 2.51. The van der Waals surface area contributed by atoms with Gasteiger partial charge in [0.1, 0.15) is 5.75 Å². The zero-order chi connectivity index (χ0) is 31.5. The van der Waals surface area contributed by atoms with Crippen LogP contribution in [0.25, 0.3) is 11.1 Å². The topological polar surface area (TPSA) is 210 Å². The van der Waals surface area contributed by atoms with Gasteiger partial charge in [-0.1, -0.05) is 18.2 Å². The normalized spacial score (nSPS) is 28.1. The van der Waals surface area contributed by atoms with Crippen LogP contribution in [0.4, 0.5) is 5.69 Å². The Bertz CT molecular complexity index is 1610. The average Bonchev–Trinajstić information content (AvgIpc) is 2.94. The molecule has 5 rings (SSSR count). The van der Waals surface area contributed by atoms with Gasteiger partial charge >= 0.3 is 11.9 Å². The first-order chi connectivity index (χ1) is 20.2. The lowest BCUT2D eigenvalue weighted by atomic mass is 9.52. The molecule has 224 valence electrons. The van der Waals surface area contributed by atoms with E-state index in [1.165, 1.54) is 37.2 Å². The Morgan fingerprint density at radius 1 is 1.02 bits per heavy atom. The van der Waals surface area contributed by atoms with Crippen molar-refractivity contribution in [3.63, 3.8) is 0 Å². The fraction of sp³-hybridized carbons (Fsp3) is 0.367. The number of carbonyl (C=O) groups excluding carboxylic acids is 7. The Morgan fingerprint density at radius 3 is 2.26 bits per heavy atom. The second-order valence-electron chi connectivity index (χ2n) is 11.3. The van der Waals surface area contributed by atoms with E-state index in [1.54, 1.807) is 18.2 Å². The van der Waals surface area contributed by atoms with Crippen LogP contribution in [0.1, 0.15) is 22.3 Å². The number of carbonyl (C=O) groups is 7. The number of benzene rings is 2. The highest BCUT2D eigenvalue weighted by molar-refractivity contribution is 6.37. The van der Waals surface area contributed by atoms with Crippen LogP contribution in [0.3, 0.4) is 0 Å². The molecule has 3 aliphatic carbocycles. The van der Waals surface area contributed by atoms with Crippen molar-refractivity contribution in [3.05, 3.63) is 47.5 Å². The molecule has 13 heteroatoms. The summed E-state index contributed by atoms with van der Waals surface area (Å²) in [4.78, 5) is 91.2. The molecule has 2 amide bonds. The summed E-state index contributed by atoms with van der Waals surface area (Å²) in [6.07, 6.45) is 0.0217. The number of hydrogen-bond donors (Lipinski definition) is 4. The van der Waals surface area contributed by atoms with E-state index in [9.17, 15) is 43.8 Å². The summed E-state index contributed by atoms with van der Waals surface area (Å²) in [5, 5.41) is 24.8. The summed E-state index contributed by atoms with van der Waals surface area (Å²) < 4.78 is 4.39. The third-order valence-corrected chi connectivity index (χ3v) is 8.77. The minimum atomic E-state index is -2.80. The van der Waals surface area contributed by atoms with Crippen molar-refractivity contribution >= 4 is 46.6 Å². The maximum absolute atomic E-state index is 13.9. The van der Waals surface area contributed by atoms with Crippen LogP contribution in [0, 0.1) is 23.7 Å². The van der Waals surface area contributed by atoms with Crippen LogP contribution in [-0.4, -0.2) is 88.9 Å². The van der Waals surface area contributed by atoms with Gasteiger partial charge < -0.3 is 26.0 Å². The number of likely N-dealkylation sites (N-methyl/N-ethyl adjacent to an activating group) is 1. The van der Waals surface area contributed by atoms with Gasteiger partial charge in [-0.05, 0) is 67.7 Å². The van der Waals surface area contributed by atoms with Gasteiger partial charge in [-0.25, -0.2) is 4.79 Å². The number of aromatic hydroxyl groups is 1. The van der Waals surface area contributed by atoms with E-state index in [4.69, 9.17) is 5.73 Å². The third-order valence-electron chi connectivity index (χ3n) is 8.77. The lowest BCUT2D eigenvalue weighted by molar-refractivity contribution is -0.181. The number of anilines is 1. The van der Waals surface area contributed by atoms with Gasteiger partial charge in [-0.15, -0.1) is 0 Å². The highest BCUT2D eigenvalue weighted by Gasteiger charge is 2.69. The van der Waals surface area contributed by atoms with E-state index in [2.05, 4.69) is 10.1 Å². The first-order valence-electron chi connectivity index (χ1n) is 13.4. The number of rotatable bonds is 4. The average molecular weight is 592 g/mol. The van der Waals surface area contributed by atoms with Crippen LogP contribution in [0.2, 0.25) is 0 Å². The number of methoxy groups -OCH3 is 1. The second-order valence-corrected chi connectivity index (χ2v) is 11.3. The molecule has 0 heterocycles. The molecule has 0 spiro atoms. The van der Waals surface area contributed by atoms with Gasteiger partial charge in [0.25, 0.3) is 0 Å². The number of hydrogen-bond acceptors (Lipinski definition) is 11. The number of aliphatic hydroxyl groups is 1. The molecule has 6 unspecified atom stereocenters. The van der Waals surface area contributed by atoms with Crippen LogP contribution < -0.4 is 11.1 Å². The van der Waals surface area contributed by atoms with E-state index < -0.39 is 82.0 Å². The lowest BCUT2D eigenvalue weighted by Crippen LogP contribution is -2.74. The van der Waals surface area contributed by atoms with E-state index in [0.29, 0.717) is 22.4 Å². The maximum Gasteiger partial charge on any atom is 0.396 e. The fourth-order valence-corrected chi connectivity index (χ4v) is 6.88. The number of phenolic OH excluding ortho intramolecular Hbond substituents is 1. The first-order valence-corrected chi connectivity index (χ1v) is 13.4. The maximum atomic E-state index is 13.9. The van der Waals surface area contributed by atoms with Crippen LogP contribution >= 0.6 is 0 Å². The van der Waals surface area contributed by atoms with Gasteiger partial charge in [-0.2, -0.15) is 0 Å². The molecule has 2 aromatic carbocycles. The number of nitrogens with one attached hydrogen (secondary N) is 1. The summed E-state index contributed by atoms with van der Waals surface area (Å²) >= 11 is 0. The molecule has 6 atom stereocenters. The highest BCUT2D eigenvalue weighted by atomic mass is 16.5. The molecule has 43 heavy (non-hydrogen) atoms. The quantitative estimate of drug-likeness (QED) is 0.205. The van der Waals surface area contributed by atoms with Crippen molar-refractivity contribution in [2.75, 3.05) is 26.5 Å². The van der Waals surface area contributed by atoms with E-state index in [-0.39, 0.29) is 18.4 Å². The number of primary amides is 1. The number of ether oxygens (including phenoxy) is 1. The molecular weight excluding hydrogens is 562 g/mol. The predicted octanol–water partition coefficient (Wildman–Crippen LogP) is -0.354. The monoisotopic (exact) mass is 591 g/mol. The molecule has 3 aliphatic rings. The summed E-state index contributed by atoms with van der Waals surface area (Å²) in [5.74, 6) is -13.3. The summed E-state index contributed by atoms with van der Waals surface area (Å²) in [7, 11) is 4.11. The molecule has 0 aliphatic heterocycles. The minimum Gasteiger partial charge on any atom is -0.507 e. The number of esters is 1. The Morgan fingerprint density at radius 2 is 1.67 bits per heavy atom. The molecule has 0 saturated heterocycles. The molecule has 0 aromatic heterocycles. The van der Waals surface area contributed by atoms with E-state index in [1.807, 2.05) is 0 Å². The Hall–Kier alpha value is -4.75. The molecule has 0 radical (unpaired) electrons. The lowest BCUT2D eigenvalue weighted by Gasteiger charge is -2.52. The third kappa shape index (κ3) is 4.43. The number of ketones is 4. The number of nitrogens with zero attached hydrogens (tertiary/aromatic N) is 1. The summed E-state index contributed by atoms with van der Waals surface area (Å²) in [6, 6.07) is 8.01. The predicted molar refractivity (Wildman–Crippen MR) is 147 cm³/mol. The smallest absolute Gasteiger partial charge is 0.396 e. The van der Waals surface area contributed by atoms with Crippen molar-refractivity contribution in [2.24, 2.45) is 29.4 Å². The molecule has 2 aromatic rings. The molecule has 2 fully saturated rings. The van der Waals surface area contributed by atoms with Gasteiger partial charge in [-0.3, -0.25) is 33.7 Å². The molecule has 5 N–H and O–H groups in total. The van der Waals surface area contributed by atoms with Gasteiger partial charge in [0, 0.05) is 11.6 Å². The first kappa shape index (κ1) is 29.7. The number of Topliss-reactive ketones (excluding diaryl/α,β-unsaturated/α-hetero) is 4. The van der Waals surface area contributed by atoms with Gasteiger partial charge in [0.2, 0.25) is 5.91 Å². The zero-order valence-corrected chi connectivity index (χ0v) is 23.5. The molecule has 2 saturated carbocycles. The molecular formula is C30H29N3O10. The Labute approximate surface area is 245 Å². The van der Waals surface area contributed by atoms with Crippen molar-refractivity contribution in [1.82, 2.24) is 4.90 Å². The number of fused-ring (bicyclic) bond motifs is 3. The Kier molecular flexibility index (Phi) is 7.27. The van der Waals surface area contributed by atoms with Gasteiger partial charge in [0.15, 0.2) is 34.7 Å². The zero-order valence-electron chi connectivity index (χ0n) is 23.5. The standard InChI is InChI=1S/C30H29N3O10/c1-33(2)22-17-11-13-10-16-15(12-4-6-14(7-5-12)32-28(40)29(41)43-3)8-9-18(34)20(16)23(35)19(13)25(37)30(17,42)26(38)21(24(22)36)27(31)39/h4-9,13,17,19,21-22,34,42H,10-11H2,1-3H3,(H2,31,39)(H,32,40). The summed E-state index contributed by atoms with van der Waals surface area (Å²) in [6.45, 7) is 0. The fourth-order valence-electron chi connectivity index (χ4n) is 6.88. The van der Waals surface area contributed by atoms with Crippen molar-refractivity contribution in [2.45, 2.75) is 24.5 Å². The van der Waals surface area contributed by atoms with Crippen LogP contribution in [0.5, 0.6) is 5.75 Å². The minimum absolute atomic E-state index is 0.0719.